The maximum absolute atomic E-state index is 11.3. The van der Waals surface area contributed by atoms with Crippen molar-refractivity contribution in [3.05, 3.63) is 12.2 Å². The van der Waals surface area contributed by atoms with Crippen LogP contribution in [0.2, 0.25) is 0 Å². The number of hydrogen-bond donors (Lipinski definition) is 0. The molecule has 0 amide bonds. The molecule has 1 aliphatic carbocycles. The van der Waals surface area contributed by atoms with Crippen molar-refractivity contribution in [3.8, 4) is 0 Å². The number of hydrogen-bond acceptors (Lipinski definition) is 2. The minimum Gasteiger partial charge on any atom is -0.469 e. The Balaban J connectivity index is 2.60. The molecule has 74 valence electrons. The highest BCUT2D eigenvalue weighted by Gasteiger charge is 2.61. The summed E-state index contributed by atoms with van der Waals surface area (Å²) in [5.41, 5.74) is 1.25. The van der Waals surface area contributed by atoms with Crippen molar-refractivity contribution in [2.24, 2.45) is 17.3 Å². The van der Waals surface area contributed by atoms with Gasteiger partial charge in [0.25, 0.3) is 0 Å². The van der Waals surface area contributed by atoms with Gasteiger partial charge in [-0.15, -0.1) is 6.58 Å². The molecule has 0 bridgehead atoms. The first-order valence-electron chi connectivity index (χ1n) is 4.63. The molecule has 2 nitrogen and oxygen atoms in total. The minimum absolute atomic E-state index is 0.0729. The topological polar surface area (TPSA) is 26.3 Å². The van der Waals surface area contributed by atoms with Gasteiger partial charge < -0.3 is 4.74 Å². The molecular weight excluding hydrogens is 164 g/mol. The van der Waals surface area contributed by atoms with Gasteiger partial charge in [0.1, 0.15) is 0 Å². The number of esters is 1. The molecule has 0 unspecified atom stereocenters. The van der Waals surface area contributed by atoms with Crippen LogP contribution in [0.3, 0.4) is 0 Å². The third-order valence-electron chi connectivity index (χ3n) is 3.07. The molecule has 0 aromatic heterocycles. The fraction of sp³-hybridized carbons (Fsp3) is 0.727. The van der Waals surface area contributed by atoms with Gasteiger partial charge in [-0.2, -0.15) is 0 Å². The van der Waals surface area contributed by atoms with E-state index in [0.29, 0.717) is 5.92 Å². The summed E-state index contributed by atoms with van der Waals surface area (Å²) in [4.78, 5) is 11.3. The van der Waals surface area contributed by atoms with Crippen molar-refractivity contribution < 1.29 is 9.53 Å². The van der Waals surface area contributed by atoms with Crippen LogP contribution in [-0.4, -0.2) is 13.1 Å². The molecular formula is C11H18O2. The highest BCUT2D eigenvalue weighted by Crippen LogP contribution is 2.61. The van der Waals surface area contributed by atoms with Crippen molar-refractivity contribution in [2.45, 2.75) is 27.2 Å². The number of carbonyl (C=O) groups is 1. The Morgan fingerprint density at radius 3 is 2.46 bits per heavy atom. The summed E-state index contributed by atoms with van der Waals surface area (Å²) in [6, 6.07) is 0. The van der Waals surface area contributed by atoms with E-state index in [0.717, 1.165) is 12.0 Å². The fourth-order valence-corrected chi connectivity index (χ4v) is 2.10. The van der Waals surface area contributed by atoms with Gasteiger partial charge in [-0.05, 0) is 24.7 Å². The smallest absolute Gasteiger partial charge is 0.309 e. The summed E-state index contributed by atoms with van der Waals surface area (Å²) in [7, 11) is 1.45. The number of carbonyl (C=O) groups excluding carboxylic acids is 1. The first kappa shape index (κ1) is 10.3. The van der Waals surface area contributed by atoms with Crippen molar-refractivity contribution in [1.82, 2.24) is 0 Å². The van der Waals surface area contributed by atoms with Crippen molar-refractivity contribution >= 4 is 5.97 Å². The van der Waals surface area contributed by atoms with Gasteiger partial charge in [0.15, 0.2) is 0 Å². The van der Waals surface area contributed by atoms with Crippen molar-refractivity contribution in [1.29, 1.82) is 0 Å². The Labute approximate surface area is 80.0 Å². The van der Waals surface area contributed by atoms with Crippen LogP contribution in [-0.2, 0) is 9.53 Å². The summed E-state index contributed by atoms with van der Waals surface area (Å²) in [6.45, 7) is 10.1. The lowest BCUT2D eigenvalue weighted by Crippen LogP contribution is -2.07. The molecule has 0 aromatic carbocycles. The summed E-state index contributed by atoms with van der Waals surface area (Å²) >= 11 is 0. The predicted molar refractivity (Wildman–Crippen MR) is 52.2 cm³/mol. The van der Waals surface area contributed by atoms with Crippen LogP contribution in [0.1, 0.15) is 27.2 Å². The minimum atomic E-state index is -0.0729. The number of allylic oxidation sites excluding steroid dienone is 1. The molecule has 0 heterocycles. The van der Waals surface area contributed by atoms with Crippen LogP contribution in [0.15, 0.2) is 12.2 Å². The third kappa shape index (κ3) is 1.77. The maximum atomic E-state index is 11.3. The Kier molecular flexibility index (Phi) is 2.51. The second-order valence-corrected chi connectivity index (χ2v) is 4.59. The maximum Gasteiger partial charge on any atom is 0.309 e. The highest BCUT2D eigenvalue weighted by molar-refractivity contribution is 5.77. The zero-order valence-corrected chi connectivity index (χ0v) is 8.89. The summed E-state index contributed by atoms with van der Waals surface area (Å²) < 4.78 is 4.75. The molecule has 0 N–H and O–H groups in total. The molecule has 1 rings (SSSR count). The van der Waals surface area contributed by atoms with Gasteiger partial charge in [0.2, 0.25) is 0 Å². The van der Waals surface area contributed by atoms with Crippen LogP contribution in [0.5, 0.6) is 0 Å². The van der Waals surface area contributed by atoms with E-state index in [2.05, 4.69) is 20.4 Å². The summed E-state index contributed by atoms with van der Waals surface area (Å²) in [5.74, 6) is 0.433. The second kappa shape index (κ2) is 3.17. The Bertz CT molecular complexity index is 240. The van der Waals surface area contributed by atoms with Crippen molar-refractivity contribution in [2.75, 3.05) is 7.11 Å². The van der Waals surface area contributed by atoms with Crippen LogP contribution >= 0.6 is 0 Å². The van der Waals surface area contributed by atoms with Gasteiger partial charge in [-0.1, -0.05) is 19.4 Å². The number of rotatable bonds is 3. The average molecular weight is 182 g/mol. The Hall–Kier alpha value is -0.790. The lowest BCUT2D eigenvalue weighted by Gasteiger charge is -2.00. The molecule has 1 aliphatic rings. The van der Waals surface area contributed by atoms with Crippen LogP contribution < -0.4 is 0 Å². The molecule has 0 radical (unpaired) electrons. The normalized spacial score (nSPS) is 29.5. The van der Waals surface area contributed by atoms with Gasteiger partial charge >= 0.3 is 5.97 Å². The van der Waals surface area contributed by atoms with E-state index in [9.17, 15) is 4.79 Å². The lowest BCUT2D eigenvalue weighted by molar-refractivity contribution is -0.143. The van der Waals surface area contributed by atoms with E-state index in [1.165, 1.54) is 7.11 Å². The summed E-state index contributed by atoms with van der Waals surface area (Å²) in [6.07, 6.45) is 0.937. The SMILES string of the molecule is C=C(C)C[C@H]1[C@@H](C(=O)OC)C1(C)C. The zero-order valence-electron chi connectivity index (χ0n) is 8.89. The van der Waals surface area contributed by atoms with E-state index < -0.39 is 0 Å². The number of methoxy groups -OCH3 is 1. The first-order chi connectivity index (χ1) is 5.91. The van der Waals surface area contributed by atoms with E-state index in [-0.39, 0.29) is 17.3 Å². The van der Waals surface area contributed by atoms with Crippen LogP contribution in [0.4, 0.5) is 0 Å². The van der Waals surface area contributed by atoms with Crippen molar-refractivity contribution in [3.63, 3.8) is 0 Å². The molecule has 0 aliphatic heterocycles. The number of ether oxygens (including phenoxy) is 1. The van der Waals surface area contributed by atoms with Gasteiger partial charge in [0.05, 0.1) is 13.0 Å². The van der Waals surface area contributed by atoms with E-state index in [4.69, 9.17) is 4.74 Å². The Morgan fingerprint density at radius 2 is 2.08 bits per heavy atom. The molecule has 0 aromatic rings. The van der Waals surface area contributed by atoms with E-state index in [1.54, 1.807) is 0 Å². The summed E-state index contributed by atoms with van der Waals surface area (Å²) in [5, 5.41) is 0. The quantitative estimate of drug-likeness (QED) is 0.495. The van der Waals surface area contributed by atoms with Crippen LogP contribution in [0, 0.1) is 17.3 Å². The molecule has 13 heavy (non-hydrogen) atoms. The van der Waals surface area contributed by atoms with Gasteiger partial charge in [0, 0.05) is 0 Å². The van der Waals surface area contributed by atoms with Gasteiger partial charge in [-0.25, -0.2) is 0 Å². The lowest BCUT2D eigenvalue weighted by atomic mass is 10.1. The largest absolute Gasteiger partial charge is 0.469 e. The molecule has 1 saturated carbocycles. The average Bonchev–Trinajstić information content (AvgIpc) is 2.51. The molecule has 1 fully saturated rings. The molecule has 2 heteroatoms. The fourth-order valence-electron chi connectivity index (χ4n) is 2.10. The molecule has 0 saturated heterocycles. The third-order valence-corrected chi connectivity index (χ3v) is 3.07. The van der Waals surface area contributed by atoms with E-state index in [1.807, 2.05) is 6.92 Å². The molecule has 2 atom stereocenters. The predicted octanol–water partition coefficient (Wildman–Crippen LogP) is 2.40. The zero-order chi connectivity index (χ0) is 10.2. The van der Waals surface area contributed by atoms with Crippen LogP contribution in [0.25, 0.3) is 0 Å². The standard InChI is InChI=1S/C11H18O2/c1-7(2)6-8-9(10(12)13-5)11(8,3)4/h8-9H,1,6H2,2-5H3/t8-,9-/m0/s1. The van der Waals surface area contributed by atoms with E-state index >= 15 is 0 Å². The van der Waals surface area contributed by atoms with Gasteiger partial charge in [-0.3, -0.25) is 4.79 Å². The monoisotopic (exact) mass is 182 g/mol. The highest BCUT2D eigenvalue weighted by atomic mass is 16.5. The molecule has 0 spiro atoms. The Morgan fingerprint density at radius 1 is 1.54 bits per heavy atom. The first-order valence-corrected chi connectivity index (χ1v) is 4.63. The second-order valence-electron chi connectivity index (χ2n) is 4.59.